The van der Waals surface area contributed by atoms with Crippen molar-refractivity contribution in [2.24, 2.45) is 17.1 Å². The van der Waals surface area contributed by atoms with Crippen LogP contribution in [0.2, 0.25) is 0 Å². The van der Waals surface area contributed by atoms with Crippen LogP contribution < -0.4 is 16.4 Å². The molecule has 0 bridgehead atoms. The van der Waals surface area contributed by atoms with E-state index in [1.807, 2.05) is 13.8 Å². The molecule has 1 aliphatic rings. The fraction of sp³-hybridized carbons (Fsp3) is 0.636. The lowest BCUT2D eigenvalue weighted by molar-refractivity contribution is -0.128. The van der Waals surface area contributed by atoms with Gasteiger partial charge in [-0.05, 0) is 28.9 Å². The third-order valence-electron chi connectivity index (χ3n) is 5.48. The minimum absolute atomic E-state index is 0.0130. The Bertz CT molecular complexity index is 681. The van der Waals surface area contributed by atoms with E-state index in [0.717, 1.165) is 26.1 Å². The van der Waals surface area contributed by atoms with Gasteiger partial charge in [-0.1, -0.05) is 58.9 Å². The zero-order valence-electron chi connectivity index (χ0n) is 17.9. The summed E-state index contributed by atoms with van der Waals surface area (Å²) in [7, 11) is 0. The number of amides is 2. The summed E-state index contributed by atoms with van der Waals surface area (Å²) in [6, 6.07) is 7.93. The van der Waals surface area contributed by atoms with Crippen molar-refractivity contribution in [3.8, 4) is 0 Å². The van der Waals surface area contributed by atoms with Gasteiger partial charge in [-0.2, -0.15) is 0 Å². The first-order valence-electron chi connectivity index (χ1n) is 10.2. The lowest BCUT2D eigenvalue weighted by Crippen LogP contribution is -2.54. The van der Waals surface area contributed by atoms with Crippen molar-refractivity contribution in [1.29, 1.82) is 0 Å². The van der Waals surface area contributed by atoms with Gasteiger partial charge in [0, 0.05) is 25.7 Å². The van der Waals surface area contributed by atoms with Crippen LogP contribution in [0.3, 0.4) is 0 Å². The van der Waals surface area contributed by atoms with Crippen molar-refractivity contribution in [3.63, 3.8) is 0 Å². The van der Waals surface area contributed by atoms with Crippen molar-refractivity contribution in [1.82, 2.24) is 15.5 Å². The van der Waals surface area contributed by atoms with E-state index in [-0.39, 0.29) is 35.7 Å². The number of carbonyl (C=O) groups is 2. The second-order valence-electron chi connectivity index (χ2n) is 9.23. The highest BCUT2D eigenvalue weighted by Gasteiger charge is 2.29. The average Bonchev–Trinajstić information content (AvgIpc) is 2.64. The van der Waals surface area contributed by atoms with Crippen LogP contribution in [0.4, 0.5) is 0 Å². The minimum atomic E-state index is -0.598. The third kappa shape index (κ3) is 6.31. The Morgan fingerprint density at radius 3 is 2.43 bits per heavy atom. The monoisotopic (exact) mass is 388 g/mol. The van der Waals surface area contributed by atoms with Crippen molar-refractivity contribution in [2.75, 3.05) is 19.6 Å². The van der Waals surface area contributed by atoms with E-state index < -0.39 is 6.04 Å². The second kappa shape index (κ2) is 9.52. The van der Waals surface area contributed by atoms with Gasteiger partial charge in [0.2, 0.25) is 11.8 Å². The Hall–Kier alpha value is -1.92. The lowest BCUT2D eigenvalue weighted by atomic mass is 9.85. The molecule has 1 aromatic rings. The highest BCUT2D eigenvalue weighted by Crippen LogP contribution is 2.24. The molecule has 0 saturated carbocycles. The molecule has 0 spiro atoms. The number of nitrogens with two attached hydrogens (primary N) is 1. The van der Waals surface area contributed by atoms with Crippen LogP contribution in [-0.2, 0) is 22.6 Å². The normalized spacial score (nSPS) is 17.0. The molecule has 28 heavy (non-hydrogen) atoms. The maximum atomic E-state index is 12.5. The zero-order valence-corrected chi connectivity index (χ0v) is 17.9. The van der Waals surface area contributed by atoms with Crippen LogP contribution in [0.5, 0.6) is 0 Å². The number of fused-ring (bicyclic) bond motifs is 1. The van der Waals surface area contributed by atoms with Gasteiger partial charge in [-0.15, -0.1) is 0 Å². The van der Waals surface area contributed by atoms with Crippen molar-refractivity contribution >= 4 is 11.8 Å². The molecule has 1 aliphatic heterocycles. The predicted molar refractivity (Wildman–Crippen MR) is 113 cm³/mol. The Labute approximate surface area is 169 Å². The summed E-state index contributed by atoms with van der Waals surface area (Å²) >= 11 is 0. The van der Waals surface area contributed by atoms with Gasteiger partial charge < -0.3 is 16.4 Å². The van der Waals surface area contributed by atoms with Crippen LogP contribution in [0.25, 0.3) is 0 Å². The summed E-state index contributed by atoms with van der Waals surface area (Å²) in [5.41, 5.74) is 8.52. The van der Waals surface area contributed by atoms with Crippen molar-refractivity contribution in [2.45, 2.75) is 59.7 Å². The molecule has 6 nitrogen and oxygen atoms in total. The Balaban J connectivity index is 1.92. The predicted octanol–water partition coefficient (Wildman–Crippen LogP) is 1.68. The summed E-state index contributed by atoms with van der Waals surface area (Å²) < 4.78 is 0. The van der Waals surface area contributed by atoms with E-state index in [9.17, 15) is 9.59 Å². The topological polar surface area (TPSA) is 87.5 Å². The van der Waals surface area contributed by atoms with Gasteiger partial charge >= 0.3 is 0 Å². The van der Waals surface area contributed by atoms with Crippen LogP contribution in [-0.4, -0.2) is 48.4 Å². The molecule has 156 valence electrons. The van der Waals surface area contributed by atoms with Gasteiger partial charge in [0.15, 0.2) is 0 Å². The molecular formula is C22H36N4O2. The maximum Gasteiger partial charge on any atom is 0.239 e. The number of hydrogen-bond donors (Lipinski definition) is 3. The quantitative estimate of drug-likeness (QED) is 0.663. The average molecular weight is 389 g/mol. The van der Waals surface area contributed by atoms with E-state index in [1.165, 1.54) is 11.1 Å². The van der Waals surface area contributed by atoms with Crippen molar-refractivity contribution < 1.29 is 9.59 Å². The molecule has 2 rings (SSSR count). The minimum Gasteiger partial charge on any atom is -0.350 e. The molecule has 1 unspecified atom stereocenters. The van der Waals surface area contributed by atoms with E-state index >= 15 is 0 Å². The fourth-order valence-corrected chi connectivity index (χ4v) is 3.34. The number of rotatable bonds is 7. The molecule has 6 heteroatoms. The summed E-state index contributed by atoms with van der Waals surface area (Å²) in [5, 5.41) is 5.76. The second-order valence-corrected chi connectivity index (χ2v) is 9.23. The molecule has 0 aliphatic carbocycles. The summed E-state index contributed by atoms with van der Waals surface area (Å²) in [5.74, 6) is -0.431. The van der Waals surface area contributed by atoms with Gasteiger partial charge in [0.1, 0.15) is 0 Å². The van der Waals surface area contributed by atoms with E-state index in [1.54, 1.807) is 0 Å². The van der Waals surface area contributed by atoms with Gasteiger partial charge in [-0.25, -0.2) is 0 Å². The molecule has 1 aromatic carbocycles. The SMILES string of the molecule is CC(C)[C@H](N)C(=O)NCC(=O)NC(CN1CCc2ccccc2C1)C(C)(C)C. The number of hydrogen-bond acceptors (Lipinski definition) is 4. The highest BCUT2D eigenvalue weighted by molar-refractivity contribution is 5.87. The van der Waals surface area contributed by atoms with Crippen LogP contribution in [0.15, 0.2) is 24.3 Å². The molecule has 0 aromatic heterocycles. The first-order valence-corrected chi connectivity index (χ1v) is 10.2. The van der Waals surface area contributed by atoms with Gasteiger partial charge in [-0.3, -0.25) is 14.5 Å². The van der Waals surface area contributed by atoms with Crippen LogP contribution in [0, 0.1) is 11.3 Å². The molecular weight excluding hydrogens is 352 g/mol. The molecule has 0 radical (unpaired) electrons. The van der Waals surface area contributed by atoms with E-state index in [4.69, 9.17) is 5.73 Å². The molecule has 2 amide bonds. The lowest BCUT2D eigenvalue weighted by Gasteiger charge is -2.38. The molecule has 0 fully saturated rings. The molecule has 4 N–H and O–H groups in total. The Morgan fingerprint density at radius 2 is 1.82 bits per heavy atom. The van der Waals surface area contributed by atoms with E-state index in [0.29, 0.717) is 0 Å². The van der Waals surface area contributed by atoms with Gasteiger partial charge in [0.25, 0.3) is 0 Å². The first kappa shape index (κ1) is 22.4. The summed E-state index contributed by atoms with van der Waals surface area (Å²) in [4.78, 5) is 26.8. The Kier molecular flexibility index (Phi) is 7.61. The van der Waals surface area contributed by atoms with E-state index in [2.05, 4.69) is 60.6 Å². The molecule has 0 saturated heterocycles. The summed E-state index contributed by atoms with van der Waals surface area (Å²) in [6.07, 6.45) is 1.03. The van der Waals surface area contributed by atoms with Crippen LogP contribution >= 0.6 is 0 Å². The van der Waals surface area contributed by atoms with Crippen molar-refractivity contribution in [3.05, 3.63) is 35.4 Å². The third-order valence-corrected chi connectivity index (χ3v) is 5.48. The number of carbonyl (C=O) groups excluding carboxylic acids is 2. The number of nitrogens with one attached hydrogen (secondary N) is 2. The fourth-order valence-electron chi connectivity index (χ4n) is 3.34. The van der Waals surface area contributed by atoms with Gasteiger partial charge in [0.05, 0.1) is 12.6 Å². The molecule has 2 atom stereocenters. The Morgan fingerprint density at radius 1 is 1.18 bits per heavy atom. The maximum absolute atomic E-state index is 12.5. The molecule has 1 heterocycles. The standard InChI is InChI=1S/C22H36N4O2/c1-15(2)20(23)21(28)24-12-19(27)25-18(22(3,4)5)14-26-11-10-16-8-6-7-9-17(16)13-26/h6-9,15,18,20H,10-14,23H2,1-5H3,(H,24,28)(H,25,27)/t18?,20-/m0/s1. The number of nitrogens with zero attached hydrogens (tertiary/aromatic N) is 1. The zero-order chi connectivity index (χ0) is 20.9. The number of benzene rings is 1. The summed E-state index contributed by atoms with van der Waals surface area (Å²) in [6.45, 7) is 12.8. The first-order chi connectivity index (χ1) is 13.1. The smallest absolute Gasteiger partial charge is 0.239 e. The highest BCUT2D eigenvalue weighted by atomic mass is 16.2. The largest absolute Gasteiger partial charge is 0.350 e. The van der Waals surface area contributed by atoms with Crippen LogP contribution in [0.1, 0.15) is 45.7 Å².